The standard InChI is InChI=1S/C26H22N2O6S2/c1-33-20-12-14-21(15-13-20)36(31,32)28-19-10-8-18(9-11-19)25(29)27-22-16-23(17-6-4-3-5-7-17)35-24(22)26(30)34-2/h3-16,28H,1-2H3,(H,27,29). The number of rotatable bonds is 8. The molecule has 0 saturated carbocycles. The van der Waals surface area contributed by atoms with E-state index in [1.807, 2.05) is 30.3 Å². The summed E-state index contributed by atoms with van der Waals surface area (Å²) in [5, 5.41) is 2.76. The van der Waals surface area contributed by atoms with Gasteiger partial charge in [-0.05, 0) is 60.2 Å². The van der Waals surface area contributed by atoms with Gasteiger partial charge < -0.3 is 14.8 Å². The molecule has 0 radical (unpaired) electrons. The van der Waals surface area contributed by atoms with Gasteiger partial charge in [-0.3, -0.25) is 9.52 Å². The smallest absolute Gasteiger partial charge is 0.350 e. The third-order valence-corrected chi connectivity index (χ3v) is 7.74. The third kappa shape index (κ3) is 5.56. The summed E-state index contributed by atoms with van der Waals surface area (Å²) in [5.41, 5.74) is 1.81. The lowest BCUT2D eigenvalue weighted by atomic mass is 10.1. The minimum absolute atomic E-state index is 0.0761. The van der Waals surface area contributed by atoms with Gasteiger partial charge in [0.05, 0.1) is 24.8 Å². The van der Waals surface area contributed by atoms with E-state index in [2.05, 4.69) is 10.0 Å². The first kappa shape index (κ1) is 25.0. The SMILES string of the molecule is COC(=O)c1sc(-c2ccccc2)cc1NC(=O)c1ccc(NS(=O)(=O)c2ccc(OC)cc2)cc1. The van der Waals surface area contributed by atoms with E-state index in [4.69, 9.17) is 9.47 Å². The molecular formula is C26H22N2O6S2. The Morgan fingerprint density at radius 1 is 0.861 bits per heavy atom. The third-order valence-electron chi connectivity index (χ3n) is 5.18. The molecule has 4 rings (SSSR count). The lowest BCUT2D eigenvalue weighted by Gasteiger charge is -2.10. The van der Waals surface area contributed by atoms with E-state index >= 15 is 0 Å². The number of anilines is 2. The van der Waals surface area contributed by atoms with Crippen molar-refractivity contribution in [2.75, 3.05) is 24.3 Å². The fourth-order valence-corrected chi connectivity index (χ4v) is 5.42. The molecule has 0 spiro atoms. The number of carbonyl (C=O) groups is 2. The van der Waals surface area contributed by atoms with Gasteiger partial charge >= 0.3 is 5.97 Å². The Morgan fingerprint density at radius 2 is 1.53 bits per heavy atom. The second kappa shape index (κ2) is 10.6. The molecule has 0 aliphatic heterocycles. The molecule has 0 aliphatic rings. The van der Waals surface area contributed by atoms with E-state index in [0.717, 1.165) is 10.4 Å². The molecule has 0 saturated heterocycles. The first-order valence-electron chi connectivity index (χ1n) is 10.7. The van der Waals surface area contributed by atoms with Gasteiger partial charge in [0, 0.05) is 16.1 Å². The summed E-state index contributed by atoms with van der Waals surface area (Å²) >= 11 is 1.22. The molecule has 2 N–H and O–H groups in total. The molecule has 0 fully saturated rings. The van der Waals surface area contributed by atoms with Crippen LogP contribution in [0.1, 0.15) is 20.0 Å². The number of sulfonamides is 1. The van der Waals surface area contributed by atoms with Crippen LogP contribution in [0.5, 0.6) is 5.75 Å². The molecule has 1 amide bonds. The summed E-state index contributed by atoms with van der Waals surface area (Å²) in [6.07, 6.45) is 0. The number of thiophene rings is 1. The number of esters is 1. The van der Waals surface area contributed by atoms with E-state index < -0.39 is 21.9 Å². The molecule has 0 atom stereocenters. The highest BCUT2D eigenvalue weighted by molar-refractivity contribution is 7.92. The average molecular weight is 523 g/mol. The maximum absolute atomic E-state index is 12.9. The molecule has 36 heavy (non-hydrogen) atoms. The Balaban J connectivity index is 1.51. The van der Waals surface area contributed by atoms with Gasteiger partial charge in [0.25, 0.3) is 15.9 Å². The zero-order chi connectivity index (χ0) is 25.7. The molecule has 4 aromatic rings. The normalized spacial score (nSPS) is 10.9. The van der Waals surface area contributed by atoms with Gasteiger partial charge in [0.2, 0.25) is 0 Å². The van der Waals surface area contributed by atoms with E-state index in [0.29, 0.717) is 17.1 Å². The molecule has 184 valence electrons. The van der Waals surface area contributed by atoms with Gasteiger partial charge in [-0.2, -0.15) is 0 Å². The van der Waals surface area contributed by atoms with E-state index in [1.54, 1.807) is 18.2 Å². The molecule has 1 heterocycles. The highest BCUT2D eigenvalue weighted by Crippen LogP contribution is 2.35. The van der Waals surface area contributed by atoms with Crippen molar-refractivity contribution in [3.8, 4) is 16.2 Å². The van der Waals surface area contributed by atoms with Crippen molar-refractivity contribution in [1.82, 2.24) is 0 Å². The van der Waals surface area contributed by atoms with Gasteiger partial charge in [0.15, 0.2) is 0 Å². The second-order valence-electron chi connectivity index (χ2n) is 7.52. The van der Waals surface area contributed by atoms with Crippen molar-refractivity contribution in [3.63, 3.8) is 0 Å². The van der Waals surface area contributed by atoms with Crippen LogP contribution in [0.15, 0.2) is 89.8 Å². The summed E-state index contributed by atoms with van der Waals surface area (Å²) < 4.78 is 37.7. The highest BCUT2D eigenvalue weighted by atomic mass is 32.2. The van der Waals surface area contributed by atoms with Crippen LogP contribution in [0, 0.1) is 0 Å². The Bertz CT molecular complexity index is 1480. The van der Waals surface area contributed by atoms with Crippen LogP contribution < -0.4 is 14.8 Å². The number of methoxy groups -OCH3 is 2. The van der Waals surface area contributed by atoms with Crippen LogP contribution in [0.2, 0.25) is 0 Å². The van der Waals surface area contributed by atoms with Crippen LogP contribution in [0.3, 0.4) is 0 Å². The molecule has 0 unspecified atom stereocenters. The van der Waals surface area contributed by atoms with Crippen LogP contribution in [-0.2, 0) is 14.8 Å². The summed E-state index contributed by atoms with van der Waals surface area (Å²) in [4.78, 5) is 26.3. The lowest BCUT2D eigenvalue weighted by molar-refractivity contribution is 0.0607. The van der Waals surface area contributed by atoms with Crippen molar-refractivity contribution >= 4 is 44.6 Å². The van der Waals surface area contributed by atoms with Crippen molar-refractivity contribution in [3.05, 3.63) is 95.4 Å². The van der Waals surface area contributed by atoms with Gasteiger partial charge in [0.1, 0.15) is 10.6 Å². The molecule has 8 nitrogen and oxygen atoms in total. The van der Waals surface area contributed by atoms with Crippen molar-refractivity contribution < 1.29 is 27.5 Å². The van der Waals surface area contributed by atoms with E-state index in [1.165, 1.54) is 62.0 Å². The first-order chi connectivity index (χ1) is 17.3. The lowest BCUT2D eigenvalue weighted by Crippen LogP contribution is -2.15. The van der Waals surface area contributed by atoms with E-state index in [9.17, 15) is 18.0 Å². The summed E-state index contributed by atoms with van der Waals surface area (Å²) in [5.74, 6) is -0.468. The average Bonchev–Trinajstić information content (AvgIpc) is 3.32. The molecule has 0 bridgehead atoms. The zero-order valence-corrected chi connectivity index (χ0v) is 21.0. The fourth-order valence-electron chi connectivity index (χ4n) is 3.33. The number of amides is 1. The number of nitrogens with one attached hydrogen (secondary N) is 2. The Labute approximate surface area is 212 Å². The second-order valence-corrected chi connectivity index (χ2v) is 10.3. The predicted molar refractivity (Wildman–Crippen MR) is 139 cm³/mol. The quantitative estimate of drug-likeness (QED) is 0.305. The number of hydrogen-bond acceptors (Lipinski definition) is 7. The summed E-state index contributed by atoms with van der Waals surface area (Å²) in [6, 6.07) is 23.1. The molecule has 10 heteroatoms. The molecule has 0 aliphatic carbocycles. The summed E-state index contributed by atoms with van der Waals surface area (Å²) in [7, 11) is -1.04. The first-order valence-corrected chi connectivity index (χ1v) is 13.0. The predicted octanol–water partition coefficient (Wildman–Crippen LogP) is 5.26. The largest absolute Gasteiger partial charge is 0.497 e. The molecule has 3 aromatic carbocycles. The Kier molecular flexibility index (Phi) is 7.37. The maximum Gasteiger partial charge on any atom is 0.350 e. The Hall–Kier alpha value is -4.15. The van der Waals surface area contributed by atoms with Crippen LogP contribution in [0.4, 0.5) is 11.4 Å². The molecular weight excluding hydrogens is 500 g/mol. The van der Waals surface area contributed by atoms with Crippen LogP contribution >= 0.6 is 11.3 Å². The minimum atomic E-state index is -3.82. The fraction of sp³-hybridized carbons (Fsp3) is 0.0769. The van der Waals surface area contributed by atoms with Crippen LogP contribution in [0.25, 0.3) is 10.4 Å². The van der Waals surface area contributed by atoms with Gasteiger partial charge in [-0.15, -0.1) is 11.3 Å². The van der Waals surface area contributed by atoms with Crippen molar-refractivity contribution in [1.29, 1.82) is 0 Å². The van der Waals surface area contributed by atoms with Crippen molar-refractivity contribution in [2.24, 2.45) is 0 Å². The molecule has 1 aromatic heterocycles. The highest BCUT2D eigenvalue weighted by Gasteiger charge is 2.20. The van der Waals surface area contributed by atoms with E-state index in [-0.39, 0.29) is 15.3 Å². The van der Waals surface area contributed by atoms with Crippen molar-refractivity contribution in [2.45, 2.75) is 4.90 Å². The zero-order valence-electron chi connectivity index (χ0n) is 19.3. The topological polar surface area (TPSA) is 111 Å². The summed E-state index contributed by atoms with van der Waals surface area (Å²) in [6.45, 7) is 0. The maximum atomic E-state index is 12.9. The van der Waals surface area contributed by atoms with Gasteiger partial charge in [-0.25, -0.2) is 13.2 Å². The van der Waals surface area contributed by atoms with Gasteiger partial charge in [-0.1, -0.05) is 30.3 Å². The number of hydrogen-bond donors (Lipinski definition) is 2. The minimum Gasteiger partial charge on any atom is -0.497 e. The van der Waals surface area contributed by atoms with Crippen LogP contribution in [-0.4, -0.2) is 34.5 Å². The Morgan fingerprint density at radius 3 is 2.14 bits per heavy atom. The number of ether oxygens (including phenoxy) is 2. The number of benzene rings is 3. The number of carbonyl (C=O) groups excluding carboxylic acids is 2. The monoisotopic (exact) mass is 522 g/mol.